The number of aromatic nitrogens is 2. The molecule has 4 nitrogen and oxygen atoms in total. The summed E-state index contributed by atoms with van der Waals surface area (Å²) >= 11 is 0. The van der Waals surface area contributed by atoms with Crippen LogP contribution in [0.2, 0.25) is 0 Å². The van der Waals surface area contributed by atoms with E-state index in [-0.39, 0.29) is 5.54 Å². The lowest BCUT2D eigenvalue weighted by molar-refractivity contribution is 0.0310. The molecule has 1 aromatic rings. The lowest BCUT2D eigenvalue weighted by atomic mass is 9.82. The molecule has 0 radical (unpaired) electrons. The van der Waals surface area contributed by atoms with Crippen molar-refractivity contribution in [3.8, 4) is 0 Å². The van der Waals surface area contributed by atoms with Crippen LogP contribution in [-0.2, 0) is 23.7 Å². The fraction of sp³-hybridized carbons (Fsp3) is 0.727. The van der Waals surface area contributed by atoms with E-state index >= 15 is 0 Å². The number of hydrogen-bond acceptors (Lipinski definition) is 3. The van der Waals surface area contributed by atoms with Crippen molar-refractivity contribution in [2.24, 2.45) is 7.05 Å². The van der Waals surface area contributed by atoms with Gasteiger partial charge >= 0.3 is 0 Å². The van der Waals surface area contributed by atoms with E-state index in [0.717, 1.165) is 39.0 Å². The maximum absolute atomic E-state index is 5.46. The van der Waals surface area contributed by atoms with Gasteiger partial charge in [0.1, 0.15) is 0 Å². The summed E-state index contributed by atoms with van der Waals surface area (Å²) in [6.45, 7) is 2.76. The van der Waals surface area contributed by atoms with Crippen molar-refractivity contribution in [3.05, 3.63) is 17.7 Å². The Morgan fingerprint density at radius 1 is 1.47 bits per heavy atom. The van der Waals surface area contributed by atoms with Crippen LogP contribution in [0.1, 0.15) is 24.2 Å². The second-order valence-corrected chi connectivity index (χ2v) is 4.52. The molecule has 2 aliphatic heterocycles. The molecule has 0 aliphatic carbocycles. The zero-order chi connectivity index (χ0) is 10.3. The number of nitrogens with one attached hydrogen (secondary N) is 1. The van der Waals surface area contributed by atoms with Gasteiger partial charge in [-0.3, -0.25) is 0 Å². The Morgan fingerprint density at radius 3 is 3.07 bits per heavy atom. The van der Waals surface area contributed by atoms with Crippen LogP contribution in [0.3, 0.4) is 0 Å². The van der Waals surface area contributed by atoms with E-state index in [9.17, 15) is 0 Å². The minimum Gasteiger partial charge on any atom is -0.381 e. The van der Waals surface area contributed by atoms with Crippen molar-refractivity contribution in [1.29, 1.82) is 0 Å². The standard InChI is InChI=1S/C11H17N3O/c1-14-8-12-9-2-5-13-11(10(9)14)3-6-15-7-4-11/h8,13H,2-7H2,1H3. The topological polar surface area (TPSA) is 39.1 Å². The van der Waals surface area contributed by atoms with E-state index < -0.39 is 0 Å². The summed E-state index contributed by atoms with van der Waals surface area (Å²) in [6.07, 6.45) is 5.13. The van der Waals surface area contributed by atoms with Gasteiger partial charge < -0.3 is 14.6 Å². The van der Waals surface area contributed by atoms with Crippen LogP contribution in [0.25, 0.3) is 0 Å². The smallest absolute Gasteiger partial charge is 0.0949 e. The van der Waals surface area contributed by atoms with Crippen LogP contribution in [-0.4, -0.2) is 29.3 Å². The largest absolute Gasteiger partial charge is 0.381 e. The summed E-state index contributed by atoms with van der Waals surface area (Å²) in [6, 6.07) is 0. The van der Waals surface area contributed by atoms with Crippen molar-refractivity contribution < 1.29 is 4.74 Å². The van der Waals surface area contributed by atoms with Gasteiger partial charge in [-0.25, -0.2) is 4.98 Å². The second-order valence-electron chi connectivity index (χ2n) is 4.52. The number of ether oxygens (including phenoxy) is 1. The molecule has 1 spiro atoms. The van der Waals surface area contributed by atoms with Gasteiger partial charge in [0, 0.05) is 33.2 Å². The highest BCUT2D eigenvalue weighted by molar-refractivity contribution is 5.27. The Balaban J connectivity index is 2.06. The summed E-state index contributed by atoms with van der Waals surface area (Å²) in [5, 5.41) is 3.68. The number of fused-ring (bicyclic) bond motifs is 2. The lowest BCUT2D eigenvalue weighted by Crippen LogP contribution is -2.51. The molecule has 1 N–H and O–H groups in total. The van der Waals surface area contributed by atoms with Crippen LogP contribution in [0.5, 0.6) is 0 Å². The van der Waals surface area contributed by atoms with E-state index in [1.54, 1.807) is 0 Å². The van der Waals surface area contributed by atoms with Gasteiger partial charge in [0.05, 0.1) is 23.3 Å². The fourth-order valence-electron chi connectivity index (χ4n) is 2.91. The molecule has 0 atom stereocenters. The van der Waals surface area contributed by atoms with Crippen molar-refractivity contribution in [2.45, 2.75) is 24.8 Å². The molecule has 82 valence electrons. The molecule has 0 bridgehead atoms. The maximum atomic E-state index is 5.46. The molecule has 1 aromatic heterocycles. The predicted molar refractivity (Wildman–Crippen MR) is 56.6 cm³/mol. The third-order valence-corrected chi connectivity index (χ3v) is 3.64. The molecule has 4 heteroatoms. The number of imidazole rings is 1. The molecule has 0 amide bonds. The Hall–Kier alpha value is -0.870. The highest BCUT2D eigenvalue weighted by Crippen LogP contribution is 2.35. The zero-order valence-electron chi connectivity index (χ0n) is 9.12. The van der Waals surface area contributed by atoms with E-state index in [4.69, 9.17) is 4.74 Å². The summed E-state index contributed by atoms with van der Waals surface area (Å²) in [5.41, 5.74) is 2.80. The molecule has 1 fully saturated rings. The first kappa shape index (κ1) is 9.36. The summed E-state index contributed by atoms with van der Waals surface area (Å²) < 4.78 is 7.63. The van der Waals surface area contributed by atoms with Gasteiger partial charge in [-0.05, 0) is 12.8 Å². The molecule has 15 heavy (non-hydrogen) atoms. The molecular formula is C11H17N3O. The molecule has 2 aliphatic rings. The van der Waals surface area contributed by atoms with Gasteiger partial charge in [0.2, 0.25) is 0 Å². The SMILES string of the molecule is Cn1cnc2c1C1(CCOCC1)NCC2. The molecule has 0 aromatic carbocycles. The highest BCUT2D eigenvalue weighted by atomic mass is 16.5. The van der Waals surface area contributed by atoms with Crippen molar-refractivity contribution in [2.75, 3.05) is 19.8 Å². The van der Waals surface area contributed by atoms with Gasteiger partial charge in [0.25, 0.3) is 0 Å². The highest BCUT2D eigenvalue weighted by Gasteiger charge is 2.40. The maximum Gasteiger partial charge on any atom is 0.0949 e. The quantitative estimate of drug-likeness (QED) is 0.676. The minimum atomic E-state index is 0.136. The van der Waals surface area contributed by atoms with E-state index in [1.807, 2.05) is 6.33 Å². The van der Waals surface area contributed by atoms with Crippen LogP contribution in [0.4, 0.5) is 0 Å². The number of rotatable bonds is 0. The molecule has 3 heterocycles. The van der Waals surface area contributed by atoms with Gasteiger partial charge in [-0.2, -0.15) is 0 Å². The second kappa shape index (κ2) is 3.32. The van der Waals surface area contributed by atoms with Gasteiger partial charge in [0.15, 0.2) is 0 Å². The number of aryl methyl sites for hydroxylation is 1. The number of nitrogens with zero attached hydrogens (tertiary/aromatic N) is 2. The van der Waals surface area contributed by atoms with E-state index in [2.05, 4.69) is 21.9 Å². The monoisotopic (exact) mass is 207 g/mol. The first-order valence-corrected chi connectivity index (χ1v) is 5.65. The Bertz CT molecular complexity index is 366. The molecule has 1 saturated heterocycles. The van der Waals surface area contributed by atoms with Gasteiger partial charge in [-0.1, -0.05) is 0 Å². The average molecular weight is 207 g/mol. The van der Waals surface area contributed by atoms with Crippen molar-refractivity contribution in [1.82, 2.24) is 14.9 Å². The first-order valence-electron chi connectivity index (χ1n) is 5.65. The Morgan fingerprint density at radius 2 is 2.27 bits per heavy atom. The summed E-state index contributed by atoms with van der Waals surface area (Å²) in [5.74, 6) is 0. The third kappa shape index (κ3) is 1.32. The molecule has 0 saturated carbocycles. The van der Waals surface area contributed by atoms with Crippen LogP contribution in [0, 0.1) is 0 Å². The fourth-order valence-corrected chi connectivity index (χ4v) is 2.91. The minimum absolute atomic E-state index is 0.136. The summed E-state index contributed by atoms with van der Waals surface area (Å²) in [7, 11) is 2.09. The lowest BCUT2D eigenvalue weighted by Gasteiger charge is -2.41. The summed E-state index contributed by atoms with van der Waals surface area (Å²) in [4.78, 5) is 4.49. The van der Waals surface area contributed by atoms with Crippen LogP contribution < -0.4 is 5.32 Å². The average Bonchev–Trinajstić information content (AvgIpc) is 2.63. The Labute approximate surface area is 89.6 Å². The zero-order valence-corrected chi connectivity index (χ0v) is 9.12. The number of hydrogen-bond donors (Lipinski definition) is 1. The molecular weight excluding hydrogens is 190 g/mol. The Kier molecular flexibility index (Phi) is 2.07. The van der Waals surface area contributed by atoms with Crippen LogP contribution in [0.15, 0.2) is 6.33 Å². The van der Waals surface area contributed by atoms with Crippen molar-refractivity contribution in [3.63, 3.8) is 0 Å². The molecule has 3 rings (SSSR count). The normalized spacial score (nSPS) is 24.1. The van der Waals surface area contributed by atoms with Crippen LogP contribution >= 0.6 is 0 Å². The van der Waals surface area contributed by atoms with E-state index in [1.165, 1.54) is 11.4 Å². The van der Waals surface area contributed by atoms with Crippen molar-refractivity contribution >= 4 is 0 Å². The third-order valence-electron chi connectivity index (χ3n) is 3.64. The molecule has 0 unspecified atom stereocenters. The van der Waals surface area contributed by atoms with E-state index in [0.29, 0.717) is 0 Å². The predicted octanol–water partition coefficient (Wildman–Crippen LogP) is 0.571. The van der Waals surface area contributed by atoms with Gasteiger partial charge in [-0.15, -0.1) is 0 Å². The first-order chi connectivity index (χ1) is 7.32.